The number of anilines is 1. The highest BCUT2D eigenvalue weighted by molar-refractivity contribution is 6.36. The first kappa shape index (κ1) is 14.6. The molecule has 0 saturated heterocycles. The highest BCUT2D eigenvalue weighted by Crippen LogP contribution is 2.25. The summed E-state index contributed by atoms with van der Waals surface area (Å²) in [4.78, 5) is 10.5. The number of rotatable bonds is 5. The summed E-state index contributed by atoms with van der Waals surface area (Å²) in [6, 6.07) is 11.9. The number of benzene rings is 2. The molecular formula is C14H12Cl2N2O2. The molecule has 0 atom stereocenters. The van der Waals surface area contributed by atoms with Crippen LogP contribution in [0.3, 0.4) is 0 Å². The van der Waals surface area contributed by atoms with E-state index in [9.17, 15) is 10.1 Å². The van der Waals surface area contributed by atoms with E-state index in [4.69, 9.17) is 23.2 Å². The standard InChI is InChI=1S/C14H12Cl2N2O2/c15-11-5-6-13(12(16)9-11)17-8-7-10-3-1-2-4-14(10)18(19)20/h1-6,9,17H,7-8H2. The van der Waals surface area contributed by atoms with Gasteiger partial charge in [0, 0.05) is 23.2 Å². The molecule has 0 heterocycles. The Bertz CT molecular complexity index is 632. The van der Waals surface area contributed by atoms with Crippen LogP contribution in [0.2, 0.25) is 10.0 Å². The molecule has 0 radical (unpaired) electrons. The lowest BCUT2D eigenvalue weighted by Gasteiger charge is -2.08. The van der Waals surface area contributed by atoms with Crippen molar-refractivity contribution >= 4 is 34.6 Å². The molecule has 4 nitrogen and oxygen atoms in total. The number of nitro benzene ring substituents is 1. The molecule has 0 aromatic heterocycles. The van der Waals surface area contributed by atoms with Crippen molar-refractivity contribution < 1.29 is 4.92 Å². The van der Waals surface area contributed by atoms with Crippen LogP contribution in [0.5, 0.6) is 0 Å². The van der Waals surface area contributed by atoms with Crippen molar-refractivity contribution in [2.24, 2.45) is 0 Å². The maximum atomic E-state index is 10.9. The van der Waals surface area contributed by atoms with E-state index in [0.29, 0.717) is 28.6 Å². The molecule has 1 N–H and O–H groups in total. The lowest BCUT2D eigenvalue weighted by molar-refractivity contribution is -0.385. The van der Waals surface area contributed by atoms with E-state index in [1.54, 1.807) is 36.4 Å². The molecule has 0 unspecified atom stereocenters. The second-order valence-electron chi connectivity index (χ2n) is 4.19. The summed E-state index contributed by atoms with van der Waals surface area (Å²) in [7, 11) is 0. The van der Waals surface area contributed by atoms with Crippen molar-refractivity contribution in [1.29, 1.82) is 0 Å². The van der Waals surface area contributed by atoms with Gasteiger partial charge in [-0.3, -0.25) is 10.1 Å². The summed E-state index contributed by atoms with van der Waals surface area (Å²) >= 11 is 11.9. The first-order valence-corrected chi connectivity index (χ1v) is 6.75. The van der Waals surface area contributed by atoms with Crippen LogP contribution in [0.4, 0.5) is 11.4 Å². The summed E-state index contributed by atoms with van der Waals surface area (Å²) in [6.45, 7) is 0.548. The van der Waals surface area contributed by atoms with Crippen molar-refractivity contribution in [1.82, 2.24) is 0 Å². The van der Waals surface area contributed by atoms with Crippen LogP contribution in [-0.4, -0.2) is 11.5 Å². The number of nitro groups is 1. The van der Waals surface area contributed by atoms with Crippen LogP contribution in [0.15, 0.2) is 42.5 Å². The summed E-state index contributed by atoms with van der Waals surface area (Å²) in [5, 5.41) is 15.1. The Hall–Kier alpha value is -1.78. The molecule has 2 aromatic rings. The zero-order chi connectivity index (χ0) is 14.5. The molecule has 2 rings (SSSR count). The molecule has 6 heteroatoms. The first-order valence-electron chi connectivity index (χ1n) is 5.99. The number of hydrogen-bond donors (Lipinski definition) is 1. The van der Waals surface area contributed by atoms with Gasteiger partial charge >= 0.3 is 0 Å². The van der Waals surface area contributed by atoms with E-state index in [-0.39, 0.29) is 10.6 Å². The van der Waals surface area contributed by atoms with E-state index in [0.717, 1.165) is 5.69 Å². The van der Waals surface area contributed by atoms with Crippen LogP contribution < -0.4 is 5.32 Å². The monoisotopic (exact) mass is 310 g/mol. The molecule has 0 bridgehead atoms. The second-order valence-corrected chi connectivity index (χ2v) is 5.03. The van der Waals surface area contributed by atoms with Crippen LogP contribution in [0.1, 0.15) is 5.56 Å². The molecule has 0 aliphatic heterocycles. The summed E-state index contributed by atoms with van der Waals surface area (Å²) < 4.78 is 0. The Balaban J connectivity index is 2.01. The predicted molar refractivity (Wildman–Crippen MR) is 81.8 cm³/mol. The number of hydrogen-bond acceptors (Lipinski definition) is 3. The lowest BCUT2D eigenvalue weighted by atomic mass is 10.1. The SMILES string of the molecule is O=[N+]([O-])c1ccccc1CCNc1ccc(Cl)cc1Cl. The number of para-hydroxylation sites is 1. The van der Waals surface area contributed by atoms with E-state index >= 15 is 0 Å². The highest BCUT2D eigenvalue weighted by atomic mass is 35.5. The number of halogens is 2. The quantitative estimate of drug-likeness (QED) is 0.650. The van der Waals surface area contributed by atoms with Crippen molar-refractivity contribution in [2.45, 2.75) is 6.42 Å². The highest BCUT2D eigenvalue weighted by Gasteiger charge is 2.11. The average molecular weight is 311 g/mol. The van der Waals surface area contributed by atoms with Gasteiger partial charge < -0.3 is 5.32 Å². The van der Waals surface area contributed by atoms with Crippen molar-refractivity contribution in [3.05, 3.63) is 68.2 Å². The summed E-state index contributed by atoms with van der Waals surface area (Å²) in [5.74, 6) is 0. The van der Waals surface area contributed by atoms with E-state index in [1.807, 2.05) is 0 Å². The van der Waals surface area contributed by atoms with Gasteiger partial charge in [-0.05, 0) is 24.6 Å². The van der Waals surface area contributed by atoms with E-state index < -0.39 is 0 Å². The van der Waals surface area contributed by atoms with Gasteiger partial charge in [-0.25, -0.2) is 0 Å². The van der Waals surface area contributed by atoms with Crippen molar-refractivity contribution in [3.8, 4) is 0 Å². The first-order chi connectivity index (χ1) is 9.58. The fourth-order valence-corrected chi connectivity index (χ4v) is 2.34. The summed E-state index contributed by atoms with van der Waals surface area (Å²) in [6.07, 6.45) is 0.538. The van der Waals surface area contributed by atoms with Gasteiger partial charge in [0.25, 0.3) is 5.69 Å². The fourth-order valence-electron chi connectivity index (χ4n) is 1.87. The van der Waals surface area contributed by atoms with Crippen LogP contribution in [0, 0.1) is 10.1 Å². The molecular weight excluding hydrogens is 299 g/mol. The Kier molecular flexibility index (Phi) is 4.82. The maximum Gasteiger partial charge on any atom is 0.272 e. The number of nitrogens with one attached hydrogen (secondary N) is 1. The van der Waals surface area contributed by atoms with E-state index in [1.165, 1.54) is 6.07 Å². The zero-order valence-corrected chi connectivity index (χ0v) is 12.0. The minimum Gasteiger partial charge on any atom is -0.384 e. The lowest BCUT2D eigenvalue weighted by Crippen LogP contribution is -2.06. The minimum atomic E-state index is -0.370. The molecule has 0 amide bonds. The fraction of sp³-hybridized carbons (Fsp3) is 0.143. The van der Waals surface area contributed by atoms with Gasteiger partial charge in [0.15, 0.2) is 0 Å². The molecule has 0 spiro atoms. The van der Waals surface area contributed by atoms with Crippen LogP contribution in [0.25, 0.3) is 0 Å². The van der Waals surface area contributed by atoms with Crippen molar-refractivity contribution in [2.75, 3.05) is 11.9 Å². The Labute approximate surface area is 126 Å². The van der Waals surface area contributed by atoms with Gasteiger partial charge in [0.1, 0.15) is 0 Å². The van der Waals surface area contributed by atoms with Crippen molar-refractivity contribution in [3.63, 3.8) is 0 Å². The molecule has 0 aliphatic rings. The Morgan fingerprint density at radius 2 is 1.90 bits per heavy atom. The topological polar surface area (TPSA) is 55.2 Å². The largest absolute Gasteiger partial charge is 0.384 e. The molecule has 0 fully saturated rings. The minimum absolute atomic E-state index is 0.136. The molecule has 104 valence electrons. The average Bonchev–Trinajstić information content (AvgIpc) is 2.41. The molecule has 0 saturated carbocycles. The van der Waals surface area contributed by atoms with Gasteiger partial charge in [-0.15, -0.1) is 0 Å². The van der Waals surface area contributed by atoms with Gasteiger partial charge in [0.05, 0.1) is 15.6 Å². The van der Waals surface area contributed by atoms with Crippen LogP contribution in [-0.2, 0) is 6.42 Å². The molecule has 2 aromatic carbocycles. The Morgan fingerprint density at radius 1 is 1.15 bits per heavy atom. The molecule has 20 heavy (non-hydrogen) atoms. The third-order valence-corrected chi connectivity index (χ3v) is 3.38. The van der Waals surface area contributed by atoms with Gasteiger partial charge in [-0.1, -0.05) is 41.4 Å². The predicted octanol–water partition coefficient (Wildman–Crippen LogP) is 4.56. The zero-order valence-electron chi connectivity index (χ0n) is 10.5. The van der Waals surface area contributed by atoms with E-state index in [2.05, 4.69) is 5.32 Å². The van der Waals surface area contributed by atoms with Crippen LogP contribution >= 0.6 is 23.2 Å². The Morgan fingerprint density at radius 3 is 2.60 bits per heavy atom. The maximum absolute atomic E-state index is 10.9. The van der Waals surface area contributed by atoms with Gasteiger partial charge in [-0.2, -0.15) is 0 Å². The third-order valence-electron chi connectivity index (χ3n) is 2.83. The van der Waals surface area contributed by atoms with Gasteiger partial charge in [0.2, 0.25) is 0 Å². The normalized spacial score (nSPS) is 10.3. The molecule has 0 aliphatic carbocycles. The number of nitrogens with zero attached hydrogens (tertiary/aromatic N) is 1. The smallest absolute Gasteiger partial charge is 0.272 e. The second kappa shape index (κ2) is 6.59. The third kappa shape index (κ3) is 3.62. The summed E-state index contributed by atoms with van der Waals surface area (Å²) in [5.41, 5.74) is 1.58.